The van der Waals surface area contributed by atoms with Crippen LogP contribution in [-0.4, -0.2) is 233 Å². The third-order valence-corrected chi connectivity index (χ3v) is 27.8. The van der Waals surface area contributed by atoms with E-state index in [0.717, 1.165) is 274 Å². The molecule has 4 aliphatic rings. The van der Waals surface area contributed by atoms with Crippen LogP contribution in [0.4, 0.5) is 23.2 Å². The molecule has 0 spiro atoms. The number of hydrogen-bond acceptors (Lipinski definition) is 25. The van der Waals surface area contributed by atoms with Gasteiger partial charge in [0.1, 0.15) is 46.0 Å². The Morgan fingerprint density at radius 2 is 0.577 bits per heavy atom. The lowest BCUT2D eigenvalue weighted by molar-refractivity contribution is 0.172. The number of piperidine rings is 1. The molecule has 0 aliphatic carbocycles. The van der Waals surface area contributed by atoms with E-state index in [4.69, 9.17) is 19.9 Å². The van der Waals surface area contributed by atoms with Crippen molar-refractivity contribution in [2.45, 2.75) is 58.2 Å². The Kier molecular flexibility index (Phi) is 24.7. The minimum atomic E-state index is -0.306. The first-order valence-electron chi connectivity index (χ1n) is 49.4. The van der Waals surface area contributed by atoms with Crippen molar-refractivity contribution in [3.8, 4) is 135 Å². The zero-order chi connectivity index (χ0) is 99.9. The zero-order valence-corrected chi connectivity index (χ0v) is 80.5. The average molecular weight is 1980 g/mol. The van der Waals surface area contributed by atoms with Crippen LogP contribution in [0.3, 0.4) is 0 Å². The van der Waals surface area contributed by atoms with Crippen molar-refractivity contribution in [1.29, 1.82) is 0 Å². The number of halogens is 4. The fourth-order valence-corrected chi connectivity index (χ4v) is 20.1. The van der Waals surface area contributed by atoms with Gasteiger partial charge in [-0.25, -0.2) is 57.4 Å². The molecular formula is C112H93F4N33. The Hall–Kier alpha value is -18.2. The molecular weight excluding hydrogens is 1880 g/mol. The van der Waals surface area contributed by atoms with Gasteiger partial charge in [0.25, 0.3) is 0 Å². The van der Waals surface area contributed by atoms with Gasteiger partial charge in [0.15, 0.2) is 45.9 Å². The molecule has 0 saturated carbocycles. The minimum absolute atomic E-state index is 0.254. The standard InChI is InChI=1S/C29H25FN8.C28H24FN9.C28H23FN8.C27H21FN8/c30-22-10-18(17-38-7-2-1-3-8-38)9-20(11-22)24-15-32-16-25-26(24)35-29(34-25)27-23-12-21(14-33-28(23)37-36-27)19-5-4-6-31-13-19;1-37-5-7-38(8-6-37)21-10-18(12-30-14-21)19-11-22-26(35-36-27(22)32-13-19)28-33-24-16-31-15-23(25(24)34-28)17-3-2-4-20(29)9-17;29-21-9-17(16-37-6-1-2-7-37)8-19(10-21)23-14-31-15-24-25(23)34-28(33-24)26-22-11-20(13-32-27(22)36-35-26)18-4-3-5-30-12-18;28-20-8-16(15-36-5-2-6-36)7-18(9-20)22-13-30-14-23-24(22)33-27(32-23)25-21-10-19(12-31-26(21)35-34-25)17-3-1-4-29-11-17/h4-6,9-16H,1-3,7-8,17H2,(H,34,35)(H,33,36,37);2-4,9-16H,5-8H2,1H3,(H,33,34)(H,32,35,36);3-5,8-15H,1-2,6-7,16H2,(H,33,34)(H,32,35,36);1,3-4,7-14H,2,5-6,15H2,(H,32,33)(H,31,34,35). The van der Waals surface area contributed by atoms with Gasteiger partial charge in [0.2, 0.25) is 0 Å². The first-order valence-corrected chi connectivity index (χ1v) is 49.4. The highest BCUT2D eigenvalue weighted by Crippen LogP contribution is 2.41. The monoisotopic (exact) mass is 1980 g/mol. The van der Waals surface area contributed by atoms with Crippen molar-refractivity contribution in [1.82, 2.24) is 160 Å². The Morgan fingerprint density at radius 1 is 0.262 bits per heavy atom. The van der Waals surface area contributed by atoms with Gasteiger partial charge in [0, 0.05) is 206 Å². The predicted octanol–water partition coefficient (Wildman–Crippen LogP) is 20.6. The number of anilines is 1. The number of aromatic nitrogens is 28. The summed E-state index contributed by atoms with van der Waals surface area (Å²) in [6, 6.07) is 44.0. The molecule has 8 N–H and O–H groups in total. The summed E-state index contributed by atoms with van der Waals surface area (Å²) >= 11 is 0. The summed E-state index contributed by atoms with van der Waals surface area (Å²) in [4.78, 5) is 97.6. The largest absolute Gasteiger partial charge is 0.368 e. The normalized spacial score (nSPS) is 14.3. The maximum atomic E-state index is 14.8. The van der Waals surface area contributed by atoms with Crippen LogP contribution < -0.4 is 4.90 Å². The SMILES string of the molecule is CN1CCN(c2cncc(-c3cnc4n[nH]c(-c5nc6c(-c7cccc(F)c7)cncc6[nH]5)c4c3)c2)CC1.Fc1cc(CN2CCC2)cc(-c2cncc3[nH]c(-c4[nH]nc5ncc(-c6cccnc6)cc45)nc23)c1.Fc1cc(CN2CCCC2)cc(-c2cncc3[nH]c(-c4[nH]nc5ncc(-c6cccnc6)cc45)nc23)c1.Fc1cc(CN2CCCCC2)cc(-c2cncc3[nH]c(-c4[nH]nc5ncc(-c6cccnc6)cc45)nc23)c1. The lowest BCUT2D eigenvalue weighted by Crippen LogP contribution is -2.44. The number of H-pyrrole nitrogens is 8. The van der Waals surface area contributed by atoms with Crippen LogP contribution in [0.2, 0.25) is 0 Å². The molecule has 734 valence electrons. The number of imidazole rings is 4. The second kappa shape index (κ2) is 40.1. The molecule has 4 fully saturated rings. The lowest BCUT2D eigenvalue weighted by Gasteiger charge is -2.33. The Bertz CT molecular complexity index is 9070. The van der Waals surface area contributed by atoms with Crippen molar-refractivity contribution >= 4 is 94.0 Å². The zero-order valence-electron chi connectivity index (χ0n) is 80.5. The summed E-state index contributed by atoms with van der Waals surface area (Å²) < 4.78 is 57.9. The van der Waals surface area contributed by atoms with Crippen LogP contribution in [0.15, 0.2) is 270 Å². The Labute approximate surface area is 846 Å². The van der Waals surface area contributed by atoms with Crippen LogP contribution >= 0.6 is 0 Å². The smallest absolute Gasteiger partial charge is 0.181 e. The number of benzene rings is 4. The van der Waals surface area contributed by atoms with Gasteiger partial charge < -0.3 is 29.7 Å². The van der Waals surface area contributed by atoms with Gasteiger partial charge in [-0.15, -0.1) is 0 Å². The van der Waals surface area contributed by atoms with Gasteiger partial charge in [-0.1, -0.05) is 36.8 Å². The summed E-state index contributed by atoms with van der Waals surface area (Å²) in [5, 5.41) is 33.2. The van der Waals surface area contributed by atoms with Crippen molar-refractivity contribution < 1.29 is 17.6 Å². The number of piperazine rings is 1. The Morgan fingerprint density at radius 3 is 0.919 bits per heavy atom. The number of likely N-dealkylation sites (N-methyl/N-ethyl adjacent to an activating group) is 1. The molecule has 0 bridgehead atoms. The highest BCUT2D eigenvalue weighted by atomic mass is 19.1. The average Bonchev–Trinajstić information content (AvgIpc) is 1.63. The number of likely N-dealkylation sites (tertiary alicyclic amines) is 3. The highest BCUT2D eigenvalue weighted by molar-refractivity contribution is 6.02. The highest BCUT2D eigenvalue weighted by Gasteiger charge is 2.27. The van der Waals surface area contributed by atoms with E-state index in [0.29, 0.717) is 57.0 Å². The van der Waals surface area contributed by atoms with Gasteiger partial charge in [0.05, 0.1) is 102 Å². The van der Waals surface area contributed by atoms with Crippen molar-refractivity contribution in [2.24, 2.45) is 0 Å². The molecule has 149 heavy (non-hydrogen) atoms. The molecule has 24 aromatic rings. The Balaban J connectivity index is 0.000000103. The predicted molar refractivity (Wildman–Crippen MR) is 565 cm³/mol. The second-order valence-corrected chi connectivity index (χ2v) is 37.9. The molecule has 0 unspecified atom stereocenters. The van der Waals surface area contributed by atoms with E-state index in [2.05, 4.69) is 170 Å². The quantitative estimate of drug-likeness (QED) is 0.0349. The van der Waals surface area contributed by atoms with Gasteiger partial charge in [-0.05, 0) is 233 Å². The van der Waals surface area contributed by atoms with Crippen LogP contribution in [-0.2, 0) is 19.6 Å². The molecule has 24 heterocycles. The molecule has 37 heteroatoms. The topological polar surface area (TPSA) is 400 Å². The molecule has 4 aromatic carbocycles. The van der Waals surface area contributed by atoms with E-state index in [-0.39, 0.29) is 23.3 Å². The molecule has 0 atom stereocenters. The number of hydrogen-bond donors (Lipinski definition) is 8. The number of aromatic amines is 8. The van der Waals surface area contributed by atoms with E-state index in [1.54, 1.807) is 148 Å². The van der Waals surface area contributed by atoms with Gasteiger partial charge in [-0.3, -0.25) is 75.0 Å². The number of rotatable bonds is 19. The summed E-state index contributed by atoms with van der Waals surface area (Å²) in [5.41, 5.74) is 28.9. The van der Waals surface area contributed by atoms with E-state index in [9.17, 15) is 17.6 Å². The van der Waals surface area contributed by atoms with E-state index in [1.165, 1.54) is 50.7 Å². The second-order valence-electron chi connectivity index (χ2n) is 37.9. The third-order valence-electron chi connectivity index (χ3n) is 27.8. The minimum Gasteiger partial charge on any atom is -0.368 e. The summed E-state index contributed by atoms with van der Waals surface area (Å²) in [5.74, 6) is 1.38. The molecule has 4 saturated heterocycles. The van der Waals surface area contributed by atoms with E-state index >= 15 is 0 Å². The van der Waals surface area contributed by atoms with Gasteiger partial charge in [-0.2, -0.15) is 20.4 Å². The van der Waals surface area contributed by atoms with Crippen LogP contribution in [0.5, 0.6) is 0 Å². The van der Waals surface area contributed by atoms with E-state index < -0.39 is 0 Å². The van der Waals surface area contributed by atoms with Gasteiger partial charge >= 0.3 is 0 Å². The number of nitrogens with one attached hydrogen (secondary N) is 8. The van der Waals surface area contributed by atoms with Crippen LogP contribution in [0, 0.1) is 23.3 Å². The van der Waals surface area contributed by atoms with E-state index in [1.807, 2.05) is 91.4 Å². The van der Waals surface area contributed by atoms with Crippen LogP contribution in [0.25, 0.3) is 223 Å². The first kappa shape index (κ1) is 92.0. The third kappa shape index (κ3) is 19.1. The molecule has 0 radical (unpaired) electrons. The maximum absolute atomic E-state index is 14.8. The molecule has 4 aliphatic heterocycles. The molecule has 33 nitrogen and oxygen atoms in total. The maximum Gasteiger partial charge on any atom is 0.181 e. The lowest BCUT2D eigenvalue weighted by atomic mass is 10.0. The number of pyridine rings is 12. The summed E-state index contributed by atoms with van der Waals surface area (Å²) in [6.07, 6.45) is 42.7. The summed E-state index contributed by atoms with van der Waals surface area (Å²) in [7, 11) is 2.15. The molecule has 0 amide bonds. The van der Waals surface area contributed by atoms with Crippen molar-refractivity contribution in [2.75, 3.05) is 77.4 Å². The van der Waals surface area contributed by atoms with Crippen molar-refractivity contribution in [3.63, 3.8) is 0 Å². The van der Waals surface area contributed by atoms with Crippen LogP contribution in [0.1, 0.15) is 55.2 Å². The van der Waals surface area contributed by atoms with Crippen molar-refractivity contribution in [3.05, 3.63) is 309 Å². The number of nitrogens with zero attached hydrogens (tertiary/aromatic N) is 25. The number of fused-ring (bicyclic) bond motifs is 8. The summed E-state index contributed by atoms with van der Waals surface area (Å²) in [6.45, 7) is 12.6. The fourth-order valence-electron chi connectivity index (χ4n) is 20.1. The molecule has 20 aromatic heterocycles. The first-order chi connectivity index (χ1) is 73.2. The fraction of sp³-hybridized carbons (Fsp3) is 0.179. The molecule has 28 rings (SSSR count).